The topological polar surface area (TPSA) is 148 Å². The van der Waals surface area contributed by atoms with Gasteiger partial charge in [-0.05, 0) is 67.5 Å². The van der Waals surface area contributed by atoms with Gasteiger partial charge in [-0.3, -0.25) is 14.6 Å². The van der Waals surface area contributed by atoms with Crippen molar-refractivity contribution in [2.24, 2.45) is 11.8 Å². The summed E-state index contributed by atoms with van der Waals surface area (Å²) in [6.45, 7) is 7.10. The van der Waals surface area contributed by atoms with E-state index in [1.807, 2.05) is 43.1 Å². The van der Waals surface area contributed by atoms with Crippen molar-refractivity contribution in [1.82, 2.24) is 14.8 Å². The van der Waals surface area contributed by atoms with Gasteiger partial charge < -0.3 is 39.4 Å². The molecule has 12 nitrogen and oxygen atoms in total. The van der Waals surface area contributed by atoms with Gasteiger partial charge in [0.25, 0.3) is 0 Å². The van der Waals surface area contributed by atoms with Crippen molar-refractivity contribution in [3.05, 3.63) is 82.1 Å². The molecule has 1 aromatic heterocycles. The number of hydrogen-bond donors (Lipinski definition) is 4. The molecule has 5 aliphatic heterocycles. The molecule has 1 saturated carbocycles. The summed E-state index contributed by atoms with van der Waals surface area (Å²) in [5, 5.41) is 36.9. The van der Waals surface area contributed by atoms with Crippen molar-refractivity contribution >= 4 is 28.5 Å². The van der Waals surface area contributed by atoms with Crippen molar-refractivity contribution in [3.8, 4) is 5.75 Å². The molecule has 0 radical (unpaired) electrons. The quantitative estimate of drug-likeness (QED) is 0.218. The van der Waals surface area contributed by atoms with E-state index in [1.165, 1.54) is 14.2 Å². The Balaban J connectivity index is 1.36. The number of nitrogens with zero attached hydrogens (tertiary/aromatic N) is 3. The molecule has 2 fully saturated rings. The Morgan fingerprint density at radius 3 is 2.55 bits per heavy atom. The molecule has 10 atom stereocenters. The van der Waals surface area contributed by atoms with Crippen LogP contribution in [0, 0.1) is 11.8 Å². The molecule has 1 saturated heterocycles. The minimum absolute atomic E-state index is 0.125. The molecule has 0 amide bonds. The fourth-order valence-electron chi connectivity index (χ4n) is 12.2. The highest BCUT2D eigenvalue weighted by atomic mass is 16.5. The summed E-state index contributed by atoms with van der Waals surface area (Å²) in [7, 11) is 6.14. The highest BCUT2D eigenvalue weighted by molar-refractivity contribution is 5.95. The van der Waals surface area contributed by atoms with Gasteiger partial charge in [0, 0.05) is 84.5 Å². The average Bonchev–Trinajstić information content (AvgIpc) is 3.84. The van der Waals surface area contributed by atoms with Crippen molar-refractivity contribution in [3.63, 3.8) is 0 Å². The highest BCUT2D eigenvalue weighted by Crippen LogP contribution is 2.65. The minimum Gasteiger partial charge on any atom is -0.496 e. The Morgan fingerprint density at radius 2 is 1.84 bits per heavy atom. The second kappa shape index (κ2) is 12.7. The monoisotopic (exact) mass is 752 g/mol. The van der Waals surface area contributed by atoms with E-state index in [0.717, 1.165) is 44.6 Å². The van der Waals surface area contributed by atoms with E-state index in [2.05, 4.69) is 39.1 Å². The number of anilines is 1. The van der Waals surface area contributed by atoms with E-state index in [9.17, 15) is 20.1 Å². The van der Waals surface area contributed by atoms with Crippen LogP contribution in [0.25, 0.3) is 10.9 Å². The third kappa shape index (κ3) is 4.63. The van der Waals surface area contributed by atoms with E-state index in [0.29, 0.717) is 63.3 Å². The normalized spacial score (nSPS) is 35.3. The predicted molar refractivity (Wildman–Crippen MR) is 206 cm³/mol. The van der Waals surface area contributed by atoms with Gasteiger partial charge in [-0.1, -0.05) is 42.8 Å². The van der Waals surface area contributed by atoms with E-state index in [-0.39, 0.29) is 12.0 Å². The number of carbonyl (C=O) groups excluding carboxylic acids is 2. The fourth-order valence-corrected chi connectivity index (χ4v) is 12.2. The largest absolute Gasteiger partial charge is 0.496 e. The first-order valence-electron chi connectivity index (χ1n) is 19.6. The lowest BCUT2D eigenvalue weighted by molar-refractivity contribution is -0.201. The first-order chi connectivity index (χ1) is 26.4. The first kappa shape index (κ1) is 36.4. The van der Waals surface area contributed by atoms with Crippen LogP contribution in [0.1, 0.15) is 55.5 Å². The summed E-state index contributed by atoms with van der Waals surface area (Å²) in [5.74, 6) is -1.49. The lowest BCUT2D eigenvalue weighted by Crippen LogP contribution is -2.78. The Morgan fingerprint density at radius 1 is 1.07 bits per heavy atom. The fraction of sp³-hybridized carbons (Fsp3) is 0.535. The van der Waals surface area contributed by atoms with E-state index < -0.39 is 52.5 Å². The third-order valence-corrected chi connectivity index (χ3v) is 14.4. The van der Waals surface area contributed by atoms with Crippen LogP contribution in [0.2, 0.25) is 0 Å². The molecule has 4 unspecified atom stereocenters. The summed E-state index contributed by atoms with van der Waals surface area (Å²) < 4.78 is 17.5. The van der Waals surface area contributed by atoms with Crippen molar-refractivity contribution in [2.45, 2.75) is 80.4 Å². The van der Waals surface area contributed by atoms with Gasteiger partial charge in [0.1, 0.15) is 17.3 Å². The molecule has 2 bridgehead atoms. The number of benzene rings is 2. The predicted octanol–water partition coefficient (Wildman–Crippen LogP) is 3.15. The highest BCUT2D eigenvalue weighted by Gasteiger charge is 2.76. The van der Waals surface area contributed by atoms with Crippen molar-refractivity contribution in [2.75, 3.05) is 59.5 Å². The SMILES string of the molecule is CCC1=CCN2CC[C@]34c5cc([C@@]6(C(=O)OC)C[C@@H]7C=C(C(C)O)CN(Cc8c6[nH]c6ccccc86)C7)c(OC)cc5N(C)[C@H]3C(O)(C(=O)OC)[C@H](O)C1[C@H]24. The third-order valence-electron chi connectivity index (χ3n) is 14.4. The zero-order valence-electron chi connectivity index (χ0n) is 32.5. The Hall–Kier alpha value is -4.20. The van der Waals surface area contributed by atoms with E-state index in [4.69, 9.17) is 14.2 Å². The van der Waals surface area contributed by atoms with Gasteiger partial charge in [-0.25, -0.2) is 4.79 Å². The molecular formula is C43H52N4O8. The lowest BCUT2D eigenvalue weighted by Gasteiger charge is -2.59. The molecule has 292 valence electrons. The zero-order valence-corrected chi connectivity index (χ0v) is 32.5. The molecule has 9 rings (SSSR count). The van der Waals surface area contributed by atoms with Gasteiger partial charge in [-0.2, -0.15) is 0 Å². The molecule has 4 N–H and O–H groups in total. The van der Waals surface area contributed by atoms with Crippen LogP contribution in [0.5, 0.6) is 5.75 Å². The molecule has 55 heavy (non-hydrogen) atoms. The summed E-state index contributed by atoms with van der Waals surface area (Å²) in [6, 6.07) is 11.0. The van der Waals surface area contributed by atoms with E-state index in [1.54, 1.807) is 14.0 Å². The molecule has 2 aromatic carbocycles. The van der Waals surface area contributed by atoms with Crippen LogP contribution >= 0.6 is 0 Å². The number of ether oxygens (including phenoxy) is 3. The molecule has 6 heterocycles. The Labute approximate surface area is 321 Å². The zero-order chi connectivity index (χ0) is 38.8. The number of hydrogen-bond acceptors (Lipinski definition) is 11. The second-order valence-electron chi connectivity index (χ2n) is 16.7. The molecule has 6 aliphatic rings. The Kier molecular flexibility index (Phi) is 8.39. The number of rotatable bonds is 6. The maximum Gasteiger partial charge on any atom is 0.342 e. The number of methoxy groups -OCH3 is 3. The van der Waals surface area contributed by atoms with Crippen molar-refractivity contribution in [1.29, 1.82) is 0 Å². The van der Waals surface area contributed by atoms with Gasteiger partial charge in [0.2, 0.25) is 5.60 Å². The number of likely N-dealkylation sites (N-methyl/N-ethyl adjacent to an activating group) is 1. The number of aliphatic hydroxyl groups excluding tert-OH is 2. The van der Waals surface area contributed by atoms with Crippen molar-refractivity contribution < 1.29 is 39.1 Å². The number of para-hydroxylation sites is 1. The lowest BCUT2D eigenvalue weighted by atomic mass is 9.52. The standard InChI is InChI=1S/C43H52N4O8/c1-7-25-12-14-47-15-13-41-29-17-30(33(53-4)18-32(29)45(3)38(41)43(52,40(51)55-6)37(49)34(25)36(41)47)42(39(50)54-5)19-24-16-26(23(2)48)21-46(20-24)22-28-27-10-8-9-11-31(27)44-35(28)42/h8-12,16-18,23-24,34,36-38,44,48-49,52H,7,13-15,19-22H2,1-6H3/t23?,24-,34?,36-,37+,38+,41+,42-,43?/m0/s1. The number of aromatic amines is 1. The molecule has 1 spiro atoms. The van der Waals surface area contributed by atoms with Crippen LogP contribution in [0.4, 0.5) is 5.69 Å². The minimum atomic E-state index is -2.27. The number of fused-ring (bicyclic) bond motifs is 6. The van der Waals surface area contributed by atoms with Gasteiger partial charge >= 0.3 is 11.9 Å². The number of H-pyrrole nitrogens is 1. The second-order valence-corrected chi connectivity index (χ2v) is 16.7. The maximum atomic E-state index is 15.1. The van der Waals surface area contributed by atoms with Crippen LogP contribution in [0.15, 0.2) is 59.7 Å². The summed E-state index contributed by atoms with van der Waals surface area (Å²) in [6.07, 6.45) is 3.81. The van der Waals surface area contributed by atoms with Crippen LogP contribution in [0.3, 0.4) is 0 Å². The van der Waals surface area contributed by atoms with Crippen LogP contribution < -0.4 is 9.64 Å². The molecule has 1 aliphatic carbocycles. The average molecular weight is 753 g/mol. The maximum absolute atomic E-state index is 15.1. The molecular weight excluding hydrogens is 700 g/mol. The van der Waals surface area contributed by atoms with E-state index >= 15 is 4.79 Å². The summed E-state index contributed by atoms with van der Waals surface area (Å²) in [5.41, 5.74) is 2.35. The number of aliphatic hydroxyl groups is 3. The Bertz CT molecular complexity index is 2160. The summed E-state index contributed by atoms with van der Waals surface area (Å²) in [4.78, 5) is 39.4. The smallest absolute Gasteiger partial charge is 0.342 e. The van der Waals surface area contributed by atoms with Gasteiger partial charge in [0.05, 0.1) is 33.5 Å². The van der Waals surface area contributed by atoms with Gasteiger partial charge in [-0.15, -0.1) is 0 Å². The number of carbonyl (C=O) groups is 2. The molecule has 3 aromatic rings. The van der Waals surface area contributed by atoms with Crippen LogP contribution in [-0.2, 0) is 36.4 Å². The number of nitrogens with one attached hydrogen (secondary N) is 1. The number of esters is 2. The summed E-state index contributed by atoms with van der Waals surface area (Å²) >= 11 is 0. The van der Waals surface area contributed by atoms with Crippen LogP contribution in [-0.4, -0.2) is 126 Å². The molecule has 12 heteroatoms. The number of aromatic nitrogens is 1. The first-order valence-corrected chi connectivity index (χ1v) is 19.6. The van der Waals surface area contributed by atoms with Gasteiger partial charge in [0.15, 0.2) is 0 Å².